The van der Waals surface area contributed by atoms with Crippen molar-refractivity contribution in [2.75, 3.05) is 42.7 Å². The molecule has 0 saturated heterocycles. The standard InChI is InChI=1S/C16H20F2N6O/c1-10-8-14(24(2)3)23-15(21-10)19-6-7-20-16(25)22-13-5-4-11(17)9-12(13)18/h4-5,8-9H,6-7H2,1-3H3,(H,19,21,23)(H2,20,22,25). The van der Waals surface area contributed by atoms with Gasteiger partial charge in [0.15, 0.2) is 0 Å². The molecule has 2 rings (SSSR count). The molecule has 2 amide bonds. The van der Waals surface area contributed by atoms with Crippen molar-refractivity contribution in [3.05, 3.63) is 41.6 Å². The third kappa shape index (κ3) is 5.55. The van der Waals surface area contributed by atoms with Crippen molar-refractivity contribution in [1.82, 2.24) is 15.3 Å². The fourth-order valence-electron chi connectivity index (χ4n) is 1.97. The number of anilines is 3. The first kappa shape index (κ1) is 18.4. The molecule has 0 radical (unpaired) electrons. The van der Waals surface area contributed by atoms with E-state index in [1.807, 2.05) is 32.0 Å². The van der Waals surface area contributed by atoms with Gasteiger partial charge in [0.1, 0.15) is 17.5 Å². The second-order valence-corrected chi connectivity index (χ2v) is 5.52. The molecule has 1 heterocycles. The molecule has 0 aliphatic carbocycles. The van der Waals surface area contributed by atoms with Crippen LogP contribution in [0, 0.1) is 18.6 Å². The lowest BCUT2D eigenvalue weighted by atomic mass is 10.3. The van der Waals surface area contributed by atoms with Gasteiger partial charge in [0.05, 0.1) is 5.69 Å². The van der Waals surface area contributed by atoms with Gasteiger partial charge in [0.2, 0.25) is 5.95 Å². The average Bonchev–Trinajstić information content (AvgIpc) is 2.54. The van der Waals surface area contributed by atoms with Gasteiger partial charge in [-0.2, -0.15) is 4.98 Å². The Morgan fingerprint density at radius 1 is 1.16 bits per heavy atom. The van der Waals surface area contributed by atoms with Crippen LogP contribution >= 0.6 is 0 Å². The van der Waals surface area contributed by atoms with Crippen LogP contribution in [-0.4, -0.2) is 43.2 Å². The molecular weight excluding hydrogens is 330 g/mol. The summed E-state index contributed by atoms with van der Waals surface area (Å²) in [6.45, 7) is 2.52. The summed E-state index contributed by atoms with van der Waals surface area (Å²) >= 11 is 0. The number of nitrogens with one attached hydrogen (secondary N) is 3. The number of hydrogen-bond acceptors (Lipinski definition) is 5. The van der Waals surface area contributed by atoms with Crippen LogP contribution in [0.25, 0.3) is 0 Å². The third-order valence-electron chi connectivity index (χ3n) is 3.17. The minimum atomic E-state index is -0.836. The van der Waals surface area contributed by atoms with E-state index in [1.165, 1.54) is 0 Å². The molecule has 1 aromatic heterocycles. The quantitative estimate of drug-likeness (QED) is 0.697. The van der Waals surface area contributed by atoms with Gasteiger partial charge < -0.3 is 20.9 Å². The Morgan fingerprint density at radius 3 is 2.60 bits per heavy atom. The molecule has 134 valence electrons. The molecule has 25 heavy (non-hydrogen) atoms. The molecule has 1 aromatic carbocycles. The van der Waals surface area contributed by atoms with E-state index in [9.17, 15) is 13.6 Å². The van der Waals surface area contributed by atoms with E-state index >= 15 is 0 Å². The van der Waals surface area contributed by atoms with Gasteiger partial charge in [-0.3, -0.25) is 0 Å². The number of urea groups is 1. The molecular formula is C16H20F2N6O. The highest BCUT2D eigenvalue weighted by molar-refractivity contribution is 5.89. The van der Waals surface area contributed by atoms with Gasteiger partial charge >= 0.3 is 6.03 Å². The molecule has 0 atom stereocenters. The summed E-state index contributed by atoms with van der Waals surface area (Å²) in [6, 6.07) is 4.19. The Morgan fingerprint density at radius 2 is 1.92 bits per heavy atom. The molecule has 7 nitrogen and oxygen atoms in total. The molecule has 0 fully saturated rings. The fourth-order valence-corrected chi connectivity index (χ4v) is 1.97. The number of nitrogens with zero attached hydrogens (tertiary/aromatic N) is 3. The molecule has 0 aliphatic rings. The van der Waals surface area contributed by atoms with E-state index in [2.05, 4.69) is 25.9 Å². The van der Waals surface area contributed by atoms with E-state index in [4.69, 9.17) is 0 Å². The summed E-state index contributed by atoms with van der Waals surface area (Å²) in [6.07, 6.45) is 0. The van der Waals surface area contributed by atoms with Crippen molar-refractivity contribution >= 4 is 23.5 Å². The number of hydrogen-bond donors (Lipinski definition) is 3. The van der Waals surface area contributed by atoms with Gasteiger partial charge in [0.25, 0.3) is 0 Å². The summed E-state index contributed by atoms with van der Waals surface area (Å²) in [4.78, 5) is 22.2. The highest BCUT2D eigenvalue weighted by Gasteiger charge is 2.08. The first-order valence-electron chi connectivity index (χ1n) is 7.62. The van der Waals surface area contributed by atoms with Crippen molar-refractivity contribution < 1.29 is 13.6 Å². The van der Waals surface area contributed by atoms with Crippen LogP contribution < -0.4 is 20.9 Å². The second-order valence-electron chi connectivity index (χ2n) is 5.52. The van der Waals surface area contributed by atoms with Crippen molar-refractivity contribution in [2.45, 2.75) is 6.92 Å². The second kappa shape index (κ2) is 8.22. The smallest absolute Gasteiger partial charge is 0.319 e. The number of benzene rings is 1. The number of rotatable bonds is 6. The molecule has 0 saturated carbocycles. The monoisotopic (exact) mass is 350 g/mol. The van der Waals surface area contributed by atoms with Crippen molar-refractivity contribution in [3.63, 3.8) is 0 Å². The van der Waals surface area contributed by atoms with E-state index in [1.54, 1.807) is 0 Å². The minimum Gasteiger partial charge on any atom is -0.363 e. The third-order valence-corrected chi connectivity index (χ3v) is 3.17. The Labute approximate surface area is 144 Å². The van der Waals surface area contributed by atoms with Crippen LogP contribution in [0.2, 0.25) is 0 Å². The summed E-state index contributed by atoms with van der Waals surface area (Å²) < 4.78 is 26.3. The SMILES string of the molecule is Cc1cc(N(C)C)nc(NCCNC(=O)Nc2ccc(F)cc2F)n1. The van der Waals surface area contributed by atoms with Crippen LogP contribution in [0.4, 0.5) is 31.0 Å². The Kier molecular flexibility index (Phi) is 6.04. The van der Waals surface area contributed by atoms with E-state index in [-0.39, 0.29) is 12.2 Å². The molecule has 0 spiro atoms. The summed E-state index contributed by atoms with van der Waals surface area (Å²) in [7, 11) is 3.76. The van der Waals surface area contributed by atoms with Crippen LogP contribution in [0.15, 0.2) is 24.3 Å². The minimum absolute atomic E-state index is 0.0931. The zero-order valence-corrected chi connectivity index (χ0v) is 14.2. The molecule has 0 aliphatic heterocycles. The largest absolute Gasteiger partial charge is 0.363 e. The number of halogens is 2. The lowest BCUT2D eigenvalue weighted by Crippen LogP contribution is -2.33. The average molecular weight is 350 g/mol. The molecule has 3 N–H and O–H groups in total. The maximum absolute atomic E-state index is 13.4. The first-order chi connectivity index (χ1) is 11.8. The normalized spacial score (nSPS) is 10.3. The highest BCUT2D eigenvalue weighted by atomic mass is 19.1. The number of carbonyl (C=O) groups excluding carboxylic acids is 1. The summed E-state index contributed by atoms with van der Waals surface area (Å²) in [5, 5.41) is 7.87. The zero-order chi connectivity index (χ0) is 18.4. The van der Waals surface area contributed by atoms with Gasteiger partial charge in [-0.15, -0.1) is 0 Å². The van der Waals surface area contributed by atoms with Crippen molar-refractivity contribution in [3.8, 4) is 0 Å². The predicted molar refractivity (Wildman–Crippen MR) is 93.0 cm³/mol. The van der Waals surface area contributed by atoms with Crippen LogP contribution in [0.5, 0.6) is 0 Å². The highest BCUT2D eigenvalue weighted by Crippen LogP contribution is 2.14. The lowest BCUT2D eigenvalue weighted by molar-refractivity contribution is 0.252. The lowest BCUT2D eigenvalue weighted by Gasteiger charge is -2.14. The Bertz CT molecular complexity index is 753. The van der Waals surface area contributed by atoms with Crippen molar-refractivity contribution in [1.29, 1.82) is 0 Å². The van der Waals surface area contributed by atoms with Gasteiger partial charge in [-0.1, -0.05) is 0 Å². The molecule has 2 aromatic rings. The van der Waals surface area contributed by atoms with Gasteiger partial charge in [0, 0.05) is 45.0 Å². The first-order valence-corrected chi connectivity index (χ1v) is 7.62. The van der Waals surface area contributed by atoms with E-state index < -0.39 is 17.7 Å². The molecule has 9 heteroatoms. The summed E-state index contributed by atoms with van der Waals surface area (Å²) in [5.74, 6) is -0.316. The molecule has 0 unspecified atom stereocenters. The number of aryl methyl sites for hydroxylation is 1. The topological polar surface area (TPSA) is 82.2 Å². The number of carbonyl (C=O) groups is 1. The summed E-state index contributed by atoms with van der Waals surface area (Å²) in [5.41, 5.74) is 0.725. The zero-order valence-electron chi connectivity index (χ0n) is 14.2. The van der Waals surface area contributed by atoms with E-state index in [0.717, 1.165) is 23.6 Å². The predicted octanol–water partition coefficient (Wildman–Crippen LogP) is 2.36. The fraction of sp³-hybridized carbons (Fsp3) is 0.312. The van der Waals surface area contributed by atoms with Gasteiger partial charge in [-0.05, 0) is 19.1 Å². The Balaban J connectivity index is 1.80. The van der Waals surface area contributed by atoms with Crippen LogP contribution in [0.3, 0.4) is 0 Å². The van der Waals surface area contributed by atoms with Gasteiger partial charge in [-0.25, -0.2) is 18.6 Å². The maximum Gasteiger partial charge on any atom is 0.319 e. The maximum atomic E-state index is 13.4. The molecule has 0 bridgehead atoms. The Hall–Kier alpha value is -2.97. The number of amides is 2. The van der Waals surface area contributed by atoms with Crippen molar-refractivity contribution in [2.24, 2.45) is 0 Å². The van der Waals surface area contributed by atoms with Crippen LogP contribution in [-0.2, 0) is 0 Å². The van der Waals surface area contributed by atoms with E-state index in [0.29, 0.717) is 18.6 Å². The number of aromatic nitrogens is 2. The van der Waals surface area contributed by atoms with Crippen LogP contribution in [0.1, 0.15) is 5.69 Å².